The Morgan fingerprint density at radius 1 is 1.32 bits per heavy atom. The van der Waals surface area contributed by atoms with Crippen LogP contribution in [0.2, 0.25) is 0 Å². The summed E-state index contributed by atoms with van der Waals surface area (Å²) >= 11 is 0. The van der Waals surface area contributed by atoms with E-state index in [1.54, 1.807) is 37.6 Å². The van der Waals surface area contributed by atoms with Crippen LogP contribution in [0.5, 0.6) is 0 Å². The minimum atomic E-state index is -0.991. The highest BCUT2D eigenvalue weighted by molar-refractivity contribution is 7.84. The number of benzene rings is 1. The molecule has 0 heterocycles. The number of hydrogen-bond donors (Lipinski definition) is 0. The second kappa shape index (κ2) is 8.07. The maximum absolute atomic E-state index is 11.6. The van der Waals surface area contributed by atoms with Crippen LogP contribution in [0.15, 0.2) is 29.2 Å². The van der Waals surface area contributed by atoms with Crippen molar-refractivity contribution in [3.8, 4) is 0 Å². The Morgan fingerprint density at radius 2 is 1.95 bits per heavy atom. The van der Waals surface area contributed by atoms with Crippen LogP contribution in [0.3, 0.4) is 0 Å². The summed E-state index contributed by atoms with van der Waals surface area (Å²) in [4.78, 5) is 12.3. The highest BCUT2D eigenvalue weighted by atomic mass is 32.2. The maximum Gasteiger partial charge on any atom is 0.310 e. The molecule has 5 heteroatoms. The minimum absolute atomic E-state index is 0.0895. The van der Waals surface area contributed by atoms with Crippen LogP contribution in [-0.4, -0.2) is 36.3 Å². The number of hydrogen-bond acceptors (Lipinski definition) is 4. The number of carbonyl (C=O) groups is 1. The summed E-state index contributed by atoms with van der Waals surface area (Å²) in [5.74, 6) is -0.256. The van der Waals surface area contributed by atoms with E-state index >= 15 is 0 Å². The topological polar surface area (TPSA) is 52.6 Å². The molecule has 1 rings (SSSR count). The molecule has 0 fully saturated rings. The summed E-state index contributed by atoms with van der Waals surface area (Å²) in [7, 11) is 0.639. The third-order valence-corrected chi connectivity index (χ3v) is 3.73. The van der Waals surface area contributed by atoms with Crippen LogP contribution in [0, 0.1) is 0 Å². The number of carbonyl (C=O) groups excluding carboxylic acids is 1. The fourth-order valence-corrected chi connectivity index (χ4v) is 1.99. The smallest absolute Gasteiger partial charge is 0.310 e. The Balaban J connectivity index is 2.38. The first-order valence-electron chi connectivity index (χ1n) is 6.13. The molecule has 0 saturated carbocycles. The standard InChI is InChI=1S/C14H20O4S/c1-11(17-2)8-9-18-14(15)10-12-4-6-13(7-5-12)19(3)16/h4-7,11H,8-10H2,1-3H3/t11-,19+/m1/s1. The Hall–Kier alpha value is -1.20. The molecule has 19 heavy (non-hydrogen) atoms. The van der Waals surface area contributed by atoms with Crippen molar-refractivity contribution in [1.29, 1.82) is 0 Å². The lowest BCUT2D eigenvalue weighted by Gasteiger charge is -2.09. The number of rotatable bonds is 7. The molecule has 0 saturated heterocycles. The first-order chi connectivity index (χ1) is 9.02. The van der Waals surface area contributed by atoms with E-state index < -0.39 is 10.8 Å². The highest BCUT2D eigenvalue weighted by Crippen LogP contribution is 2.09. The highest BCUT2D eigenvalue weighted by Gasteiger charge is 2.07. The van der Waals surface area contributed by atoms with Gasteiger partial charge < -0.3 is 9.47 Å². The molecule has 0 unspecified atom stereocenters. The zero-order valence-electron chi connectivity index (χ0n) is 11.5. The van der Waals surface area contributed by atoms with Gasteiger partial charge in [0, 0.05) is 35.5 Å². The molecular weight excluding hydrogens is 264 g/mol. The molecule has 0 bridgehead atoms. The van der Waals surface area contributed by atoms with Gasteiger partial charge in [-0.15, -0.1) is 0 Å². The summed E-state index contributed by atoms with van der Waals surface area (Å²) in [5, 5.41) is 0. The predicted molar refractivity (Wildman–Crippen MR) is 74.5 cm³/mol. The second-order valence-corrected chi connectivity index (χ2v) is 5.71. The lowest BCUT2D eigenvalue weighted by Crippen LogP contribution is -2.14. The molecule has 0 aliphatic heterocycles. The predicted octanol–water partition coefficient (Wildman–Crippen LogP) is 1.93. The molecular formula is C14H20O4S. The molecule has 0 aromatic heterocycles. The normalized spacial score (nSPS) is 13.8. The summed E-state index contributed by atoms with van der Waals surface area (Å²) < 4.78 is 21.4. The fourth-order valence-electron chi connectivity index (χ4n) is 1.47. The van der Waals surface area contributed by atoms with E-state index in [9.17, 15) is 9.00 Å². The average molecular weight is 284 g/mol. The quantitative estimate of drug-likeness (QED) is 0.718. The fraction of sp³-hybridized carbons (Fsp3) is 0.500. The van der Waals surface area contributed by atoms with Crippen molar-refractivity contribution in [2.45, 2.75) is 30.8 Å². The molecule has 0 amide bonds. The van der Waals surface area contributed by atoms with E-state index in [4.69, 9.17) is 9.47 Å². The zero-order chi connectivity index (χ0) is 14.3. The number of ether oxygens (including phenoxy) is 2. The first kappa shape index (κ1) is 15.9. The SMILES string of the molecule is CO[C@H](C)CCOC(=O)Cc1ccc([S@](C)=O)cc1. The Bertz CT molecular complexity index is 428. The molecule has 1 aromatic rings. The third-order valence-electron chi connectivity index (χ3n) is 2.79. The van der Waals surface area contributed by atoms with E-state index in [2.05, 4.69) is 0 Å². The molecule has 106 valence electrons. The minimum Gasteiger partial charge on any atom is -0.465 e. The van der Waals surface area contributed by atoms with Crippen molar-refractivity contribution in [2.24, 2.45) is 0 Å². The third kappa shape index (κ3) is 5.98. The summed E-state index contributed by atoms with van der Waals surface area (Å²) in [6.07, 6.45) is 2.64. The van der Waals surface area contributed by atoms with Crippen LogP contribution in [0.25, 0.3) is 0 Å². The Morgan fingerprint density at radius 3 is 2.47 bits per heavy atom. The number of esters is 1. The van der Waals surface area contributed by atoms with Crippen LogP contribution >= 0.6 is 0 Å². The monoisotopic (exact) mass is 284 g/mol. The van der Waals surface area contributed by atoms with Gasteiger partial charge in [0.05, 0.1) is 19.1 Å². The van der Waals surface area contributed by atoms with Gasteiger partial charge in [-0.25, -0.2) is 0 Å². The lowest BCUT2D eigenvalue weighted by atomic mass is 10.1. The van der Waals surface area contributed by atoms with Crippen molar-refractivity contribution >= 4 is 16.8 Å². The van der Waals surface area contributed by atoms with Crippen molar-refractivity contribution in [2.75, 3.05) is 20.0 Å². The average Bonchev–Trinajstić information content (AvgIpc) is 2.39. The Kier molecular flexibility index (Phi) is 6.73. The lowest BCUT2D eigenvalue weighted by molar-refractivity contribution is -0.143. The molecule has 4 nitrogen and oxygen atoms in total. The first-order valence-corrected chi connectivity index (χ1v) is 7.69. The van der Waals surface area contributed by atoms with Gasteiger partial charge in [-0.3, -0.25) is 9.00 Å². The van der Waals surface area contributed by atoms with Gasteiger partial charge in [-0.2, -0.15) is 0 Å². The van der Waals surface area contributed by atoms with Crippen molar-refractivity contribution in [3.05, 3.63) is 29.8 Å². The van der Waals surface area contributed by atoms with Crippen molar-refractivity contribution < 1.29 is 18.5 Å². The molecule has 0 aliphatic rings. The second-order valence-electron chi connectivity index (χ2n) is 4.33. The van der Waals surface area contributed by atoms with E-state index in [0.29, 0.717) is 13.0 Å². The molecule has 0 spiro atoms. The van der Waals surface area contributed by atoms with E-state index in [-0.39, 0.29) is 18.5 Å². The van der Waals surface area contributed by atoms with Gasteiger partial charge >= 0.3 is 5.97 Å². The van der Waals surface area contributed by atoms with Crippen LogP contribution in [0.1, 0.15) is 18.9 Å². The zero-order valence-corrected chi connectivity index (χ0v) is 12.4. The van der Waals surface area contributed by atoms with Crippen molar-refractivity contribution in [1.82, 2.24) is 0 Å². The van der Waals surface area contributed by atoms with Gasteiger partial charge in [0.2, 0.25) is 0 Å². The summed E-state index contributed by atoms with van der Waals surface area (Å²) in [6.45, 7) is 2.29. The maximum atomic E-state index is 11.6. The van der Waals surface area contributed by atoms with Gasteiger partial charge in [-0.05, 0) is 24.6 Å². The van der Waals surface area contributed by atoms with Gasteiger partial charge in [0.25, 0.3) is 0 Å². The van der Waals surface area contributed by atoms with E-state index in [1.165, 1.54) is 0 Å². The number of methoxy groups -OCH3 is 1. The Labute approximate surface area is 116 Å². The molecule has 1 aromatic carbocycles. The van der Waals surface area contributed by atoms with Gasteiger partial charge in [0.1, 0.15) is 0 Å². The van der Waals surface area contributed by atoms with Crippen LogP contribution in [0.4, 0.5) is 0 Å². The molecule has 0 N–H and O–H groups in total. The van der Waals surface area contributed by atoms with Crippen molar-refractivity contribution in [3.63, 3.8) is 0 Å². The van der Waals surface area contributed by atoms with Crippen LogP contribution < -0.4 is 0 Å². The largest absolute Gasteiger partial charge is 0.465 e. The summed E-state index contributed by atoms with van der Waals surface area (Å²) in [6, 6.07) is 7.14. The van der Waals surface area contributed by atoms with Gasteiger partial charge in [-0.1, -0.05) is 12.1 Å². The van der Waals surface area contributed by atoms with E-state index in [1.807, 2.05) is 6.92 Å². The van der Waals surface area contributed by atoms with E-state index in [0.717, 1.165) is 10.5 Å². The molecule has 0 radical (unpaired) electrons. The summed E-state index contributed by atoms with van der Waals surface area (Å²) in [5.41, 5.74) is 0.860. The molecule has 0 aliphatic carbocycles. The van der Waals surface area contributed by atoms with Gasteiger partial charge in [0.15, 0.2) is 0 Å². The molecule has 2 atom stereocenters. The van der Waals surface area contributed by atoms with Crippen LogP contribution in [-0.2, 0) is 31.5 Å².